The fourth-order valence-corrected chi connectivity index (χ4v) is 2.77. The molecule has 2 N–H and O–H groups in total. The van der Waals surface area contributed by atoms with Gasteiger partial charge in [-0.1, -0.05) is 12.8 Å². The molecule has 0 heterocycles. The Balaban J connectivity index is 2.08. The van der Waals surface area contributed by atoms with Gasteiger partial charge in [0.1, 0.15) is 0 Å². The van der Waals surface area contributed by atoms with E-state index in [4.69, 9.17) is 10.4 Å². The van der Waals surface area contributed by atoms with Gasteiger partial charge in [0, 0.05) is 0 Å². The first-order valence-corrected chi connectivity index (χ1v) is 7.31. The number of aliphatic carboxylic acids is 1. The number of rotatable bonds is 8. The maximum Gasteiger partial charge on any atom is 0.306 e. The Morgan fingerprint density at radius 1 is 1.42 bits per heavy atom. The molecule has 0 bridgehead atoms. The maximum absolute atomic E-state index is 11.0. The van der Waals surface area contributed by atoms with E-state index >= 15 is 0 Å². The van der Waals surface area contributed by atoms with Crippen molar-refractivity contribution in [2.75, 3.05) is 13.1 Å². The van der Waals surface area contributed by atoms with Crippen LogP contribution in [0.4, 0.5) is 0 Å². The van der Waals surface area contributed by atoms with Gasteiger partial charge in [-0.25, -0.2) is 0 Å². The molecule has 1 fully saturated rings. The molecule has 1 saturated carbocycles. The number of carbonyl (C=O) groups is 1. The molecule has 0 saturated heterocycles. The molecular weight excluding hydrogens is 240 g/mol. The topological polar surface area (TPSA) is 73.1 Å². The molecule has 0 spiro atoms. The second-order valence-electron chi connectivity index (χ2n) is 6.29. The van der Waals surface area contributed by atoms with Crippen LogP contribution in [0.5, 0.6) is 0 Å². The third-order valence-corrected chi connectivity index (χ3v) is 4.09. The van der Waals surface area contributed by atoms with Crippen molar-refractivity contribution in [2.45, 2.75) is 52.4 Å². The lowest BCUT2D eigenvalue weighted by atomic mass is 9.89. The number of nitriles is 1. The lowest BCUT2D eigenvalue weighted by molar-refractivity contribution is -0.142. The van der Waals surface area contributed by atoms with Gasteiger partial charge in [0.2, 0.25) is 0 Å². The van der Waals surface area contributed by atoms with E-state index in [0.717, 1.165) is 51.6 Å². The molecule has 1 rings (SSSR count). The Morgan fingerprint density at radius 2 is 2.16 bits per heavy atom. The Morgan fingerprint density at radius 3 is 2.79 bits per heavy atom. The van der Waals surface area contributed by atoms with Gasteiger partial charge in [-0.15, -0.1) is 0 Å². The molecule has 4 heteroatoms. The van der Waals surface area contributed by atoms with Gasteiger partial charge in [0.25, 0.3) is 0 Å². The molecule has 19 heavy (non-hydrogen) atoms. The van der Waals surface area contributed by atoms with E-state index in [1.807, 2.05) is 13.8 Å². The van der Waals surface area contributed by atoms with E-state index < -0.39 is 5.97 Å². The summed E-state index contributed by atoms with van der Waals surface area (Å²) >= 11 is 0. The van der Waals surface area contributed by atoms with Gasteiger partial charge in [0.15, 0.2) is 0 Å². The van der Waals surface area contributed by atoms with E-state index in [2.05, 4.69) is 11.4 Å². The molecule has 0 aromatic carbocycles. The Kier molecular flexibility index (Phi) is 6.30. The Bertz CT molecular complexity index is 334. The molecule has 0 amide bonds. The first-order chi connectivity index (χ1) is 8.96. The normalized spacial score (nSPS) is 23.2. The molecule has 2 unspecified atom stereocenters. The predicted molar refractivity (Wildman–Crippen MR) is 74.6 cm³/mol. The van der Waals surface area contributed by atoms with Crippen LogP contribution in [-0.4, -0.2) is 24.2 Å². The second kappa shape index (κ2) is 7.49. The SMILES string of the molecule is CC(C)(C#N)CCCCNCC1CCCC1C(=O)O. The molecule has 0 aliphatic heterocycles. The highest BCUT2D eigenvalue weighted by atomic mass is 16.4. The van der Waals surface area contributed by atoms with Crippen molar-refractivity contribution < 1.29 is 9.90 Å². The minimum absolute atomic E-state index is 0.148. The first-order valence-electron chi connectivity index (χ1n) is 7.31. The van der Waals surface area contributed by atoms with Crippen LogP contribution < -0.4 is 5.32 Å². The summed E-state index contributed by atoms with van der Waals surface area (Å²) in [6, 6.07) is 2.31. The average Bonchev–Trinajstić information content (AvgIpc) is 2.82. The summed E-state index contributed by atoms with van der Waals surface area (Å²) in [7, 11) is 0. The Labute approximate surface area is 116 Å². The monoisotopic (exact) mass is 266 g/mol. The quantitative estimate of drug-likeness (QED) is 0.663. The highest BCUT2D eigenvalue weighted by Gasteiger charge is 2.32. The van der Waals surface area contributed by atoms with Crippen LogP contribution in [0.25, 0.3) is 0 Å². The van der Waals surface area contributed by atoms with E-state index in [1.165, 1.54) is 0 Å². The van der Waals surface area contributed by atoms with E-state index in [9.17, 15) is 4.79 Å². The summed E-state index contributed by atoms with van der Waals surface area (Å²) in [4.78, 5) is 11.0. The van der Waals surface area contributed by atoms with Crippen molar-refractivity contribution in [3.05, 3.63) is 0 Å². The van der Waals surface area contributed by atoms with Crippen LogP contribution in [0, 0.1) is 28.6 Å². The maximum atomic E-state index is 11.0. The molecule has 0 radical (unpaired) electrons. The van der Waals surface area contributed by atoms with E-state index in [1.54, 1.807) is 0 Å². The number of hydrogen-bond acceptors (Lipinski definition) is 3. The van der Waals surface area contributed by atoms with Crippen LogP contribution in [0.1, 0.15) is 52.4 Å². The largest absolute Gasteiger partial charge is 0.481 e. The summed E-state index contributed by atoms with van der Waals surface area (Å²) in [5, 5.41) is 21.4. The number of nitrogens with zero attached hydrogens (tertiary/aromatic N) is 1. The second-order valence-corrected chi connectivity index (χ2v) is 6.29. The van der Waals surface area contributed by atoms with Gasteiger partial charge in [-0.2, -0.15) is 5.26 Å². The minimum atomic E-state index is -0.639. The average molecular weight is 266 g/mol. The molecule has 1 aliphatic carbocycles. The van der Waals surface area contributed by atoms with Gasteiger partial charge in [0.05, 0.1) is 17.4 Å². The van der Waals surface area contributed by atoms with Gasteiger partial charge < -0.3 is 10.4 Å². The van der Waals surface area contributed by atoms with Crippen LogP contribution in [-0.2, 0) is 4.79 Å². The summed E-state index contributed by atoms with van der Waals surface area (Å²) in [5.41, 5.74) is -0.222. The summed E-state index contributed by atoms with van der Waals surface area (Å²) in [5.74, 6) is -0.488. The molecule has 0 aromatic rings. The molecule has 108 valence electrons. The molecule has 4 nitrogen and oxygen atoms in total. The zero-order valence-electron chi connectivity index (χ0n) is 12.1. The Hall–Kier alpha value is -1.08. The van der Waals surface area contributed by atoms with Crippen molar-refractivity contribution in [1.29, 1.82) is 5.26 Å². The lowest BCUT2D eigenvalue weighted by Crippen LogP contribution is -2.29. The van der Waals surface area contributed by atoms with Crippen LogP contribution in [0.15, 0.2) is 0 Å². The van der Waals surface area contributed by atoms with Gasteiger partial charge in [-0.3, -0.25) is 4.79 Å². The molecular formula is C15H26N2O2. The number of nitrogens with one attached hydrogen (secondary N) is 1. The zero-order chi connectivity index (χ0) is 14.3. The standard InChI is InChI=1S/C15H26N2O2/c1-15(2,11-16)8-3-4-9-17-10-12-6-5-7-13(12)14(18)19/h12-13,17H,3-10H2,1-2H3,(H,18,19). The number of carboxylic acid groups (broad SMARTS) is 1. The van der Waals surface area contributed by atoms with Crippen molar-refractivity contribution in [3.8, 4) is 6.07 Å². The van der Waals surface area contributed by atoms with Crippen molar-refractivity contribution in [2.24, 2.45) is 17.3 Å². The van der Waals surface area contributed by atoms with E-state index in [0.29, 0.717) is 5.92 Å². The smallest absolute Gasteiger partial charge is 0.306 e. The van der Waals surface area contributed by atoms with Crippen molar-refractivity contribution in [3.63, 3.8) is 0 Å². The first kappa shape index (κ1) is 16.0. The number of carboxylic acids is 1. The van der Waals surface area contributed by atoms with Crippen LogP contribution in [0.3, 0.4) is 0 Å². The molecule has 2 atom stereocenters. The highest BCUT2D eigenvalue weighted by molar-refractivity contribution is 5.70. The zero-order valence-corrected chi connectivity index (χ0v) is 12.1. The number of hydrogen-bond donors (Lipinski definition) is 2. The summed E-state index contributed by atoms with van der Waals surface area (Å²) in [6.45, 7) is 5.68. The molecule has 0 aromatic heterocycles. The third-order valence-electron chi connectivity index (χ3n) is 4.09. The van der Waals surface area contributed by atoms with E-state index in [-0.39, 0.29) is 11.3 Å². The summed E-state index contributed by atoms with van der Waals surface area (Å²) < 4.78 is 0. The number of unbranched alkanes of at least 4 members (excludes halogenated alkanes) is 1. The van der Waals surface area contributed by atoms with Gasteiger partial charge >= 0.3 is 5.97 Å². The van der Waals surface area contributed by atoms with Crippen LogP contribution >= 0.6 is 0 Å². The predicted octanol–water partition coefficient (Wildman–Crippen LogP) is 2.80. The third kappa shape index (κ3) is 5.61. The van der Waals surface area contributed by atoms with Crippen molar-refractivity contribution >= 4 is 5.97 Å². The van der Waals surface area contributed by atoms with Crippen LogP contribution in [0.2, 0.25) is 0 Å². The fourth-order valence-electron chi connectivity index (χ4n) is 2.77. The fraction of sp³-hybridized carbons (Fsp3) is 0.867. The molecule has 1 aliphatic rings. The van der Waals surface area contributed by atoms with Crippen molar-refractivity contribution in [1.82, 2.24) is 5.32 Å². The lowest BCUT2D eigenvalue weighted by Gasteiger charge is -2.17. The highest BCUT2D eigenvalue weighted by Crippen LogP contribution is 2.31. The summed E-state index contributed by atoms with van der Waals surface area (Å²) in [6.07, 6.45) is 5.92. The van der Waals surface area contributed by atoms with Gasteiger partial charge in [-0.05, 0) is 58.5 Å². The minimum Gasteiger partial charge on any atom is -0.481 e.